The maximum Gasteiger partial charge on any atom is 0.240 e. The van der Waals surface area contributed by atoms with Crippen LogP contribution in [-0.4, -0.2) is 47.1 Å². The zero-order chi connectivity index (χ0) is 10.0. The van der Waals surface area contributed by atoms with Gasteiger partial charge in [0, 0.05) is 13.0 Å². The fraction of sp³-hybridized carbons (Fsp3) is 0.714. The topological polar surface area (TPSA) is 110 Å². The number of carbonyl (C=O) groups is 2. The van der Waals surface area contributed by atoms with E-state index < -0.39 is 18.1 Å². The Bertz CT molecular complexity index is 231. The monoisotopic (exact) mass is 187 g/mol. The Kier molecular flexibility index (Phi) is 2.84. The zero-order valence-electron chi connectivity index (χ0n) is 7.14. The molecule has 0 bridgehead atoms. The van der Waals surface area contributed by atoms with Gasteiger partial charge in [-0.25, -0.2) is 0 Å². The van der Waals surface area contributed by atoms with Crippen LogP contribution >= 0.6 is 0 Å². The molecule has 1 aliphatic rings. The molecule has 6 heteroatoms. The van der Waals surface area contributed by atoms with Gasteiger partial charge in [0.15, 0.2) is 0 Å². The Morgan fingerprint density at radius 1 is 1.54 bits per heavy atom. The van der Waals surface area contributed by atoms with Gasteiger partial charge in [0.2, 0.25) is 11.8 Å². The van der Waals surface area contributed by atoms with Gasteiger partial charge >= 0.3 is 0 Å². The number of aliphatic hydroxyl groups excluding tert-OH is 1. The second-order valence-corrected chi connectivity index (χ2v) is 3.06. The van der Waals surface area contributed by atoms with Crippen LogP contribution in [-0.2, 0) is 9.59 Å². The minimum absolute atomic E-state index is 0.143. The lowest BCUT2D eigenvalue weighted by Crippen LogP contribution is -2.46. The van der Waals surface area contributed by atoms with Crippen LogP contribution in [0.25, 0.3) is 0 Å². The van der Waals surface area contributed by atoms with Crippen LogP contribution in [0, 0.1) is 0 Å². The Morgan fingerprint density at radius 3 is 2.62 bits per heavy atom. The first-order valence-electron chi connectivity index (χ1n) is 4.03. The van der Waals surface area contributed by atoms with Gasteiger partial charge in [0.1, 0.15) is 6.04 Å². The molecular weight excluding hydrogens is 174 g/mol. The number of likely N-dealkylation sites (tertiary alicyclic amines) is 1. The van der Waals surface area contributed by atoms with Crippen molar-refractivity contribution >= 4 is 11.8 Å². The quantitative estimate of drug-likeness (QED) is 0.440. The van der Waals surface area contributed by atoms with E-state index in [1.807, 2.05) is 0 Å². The van der Waals surface area contributed by atoms with Crippen LogP contribution in [0.4, 0.5) is 0 Å². The van der Waals surface area contributed by atoms with E-state index in [4.69, 9.17) is 11.5 Å². The van der Waals surface area contributed by atoms with Gasteiger partial charge in [-0.15, -0.1) is 0 Å². The van der Waals surface area contributed by atoms with Gasteiger partial charge in [-0.2, -0.15) is 0 Å². The lowest BCUT2D eigenvalue weighted by molar-refractivity contribution is -0.136. The molecular formula is C7H13N3O3. The first kappa shape index (κ1) is 9.94. The summed E-state index contributed by atoms with van der Waals surface area (Å²) in [6, 6.07) is -0.703. The van der Waals surface area contributed by atoms with Crippen molar-refractivity contribution in [3.8, 4) is 0 Å². The van der Waals surface area contributed by atoms with Crippen molar-refractivity contribution in [3.63, 3.8) is 0 Å². The average molecular weight is 187 g/mol. The van der Waals surface area contributed by atoms with E-state index >= 15 is 0 Å². The minimum atomic E-state index is -0.703. The third-order valence-electron chi connectivity index (χ3n) is 2.10. The highest BCUT2D eigenvalue weighted by molar-refractivity contribution is 5.88. The molecule has 0 aromatic heterocycles. The van der Waals surface area contributed by atoms with Crippen molar-refractivity contribution in [1.82, 2.24) is 4.90 Å². The summed E-state index contributed by atoms with van der Waals surface area (Å²) in [5.41, 5.74) is 10.2. The molecule has 2 atom stereocenters. The fourth-order valence-corrected chi connectivity index (χ4v) is 1.48. The number of primary amides is 1. The van der Waals surface area contributed by atoms with E-state index in [1.54, 1.807) is 0 Å². The number of amides is 2. The van der Waals surface area contributed by atoms with Gasteiger partial charge in [-0.3, -0.25) is 9.59 Å². The first-order valence-corrected chi connectivity index (χ1v) is 4.03. The smallest absolute Gasteiger partial charge is 0.240 e. The average Bonchev–Trinajstić information content (AvgIpc) is 2.46. The molecule has 1 heterocycles. The highest BCUT2D eigenvalue weighted by Gasteiger charge is 2.36. The van der Waals surface area contributed by atoms with E-state index in [0.29, 0.717) is 0 Å². The Labute approximate surface area is 75.5 Å². The van der Waals surface area contributed by atoms with Crippen LogP contribution in [0.3, 0.4) is 0 Å². The minimum Gasteiger partial charge on any atom is -0.391 e. The van der Waals surface area contributed by atoms with Crippen LogP contribution < -0.4 is 11.5 Å². The van der Waals surface area contributed by atoms with Gasteiger partial charge in [0.05, 0.1) is 12.6 Å². The Hall–Kier alpha value is -1.14. The molecule has 0 spiro atoms. The third kappa shape index (κ3) is 1.96. The molecule has 0 aromatic carbocycles. The summed E-state index contributed by atoms with van der Waals surface area (Å²) in [4.78, 5) is 23.2. The summed E-state index contributed by atoms with van der Waals surface area (Å²) in [5, 5.41) is 9.22. The summed E-state index contributed by atoms with van der Waals surface area (Å²) in [7, 11) is 0. The molecule has 0 saturated carbocycles. The first-order chi connectivity index (χ1) is 6.06. The highest BCUT2D eigenvalue weighted by atomic mass is 16.3. The largest absolute Gasteiger partial charge is 0.391 e. The molecule has 5 N–H and O–H groups in total. The van der Waals surface area contributed by atoms with E-state index in [0.717, 1.165) is 0 Å². The molecule has 0 aromatic rings. The number of hydrogen-bond acceptors (Lipinski definition) is 4. The number of β-amino-alcohol motifs (C(OH)–C–C–N with tert-alkyl or cyclic N) is 1. The summed E-state index contributed by atoms with van der Waals surface area (Å²) >= 11 is 0. The standard InChI is InChI=1S/C7H13N3O3/c8-2-6(12)10-3-4(11)1-5(10)7(9)13/h4-5,11H,1-3,8H2,(H2,9,13). The number of nitrogens with zero attached hydrogens (tertiary/aromatic N) is 1. The molecule has 0 radical (unpaired) electrons. The molecule has 2 unspecified atom stereocenters. The lowest BCUT2D eigenvalue weighted by Gasteiger charge is -2.20. The maximum absolute atomic E-state index is 11.2. The van der Waals surface area contributed by atoms with E-state index in [1.165, 1.54) is 4.90 Å². The maximum atomic E-state index is 11.2. The number of nitrogens with two attached hydrogens (primary N) is 2. The molecule has 2 amide bonds. The van der Waals surface area contributed by atoms with Crippen LogP contribution in [0.1, 0.15) is 6.42 Å². The lowest BCUT2D eigenvalue weighted by atomic mass is 10.2. The molecule has 6 nitrogen and oxygen atoms in total. The van der Waals surface area contributed by atoms with Crippen molar-refractivity contribution in [1.29, 1.82) is 0 Å². The summed E-state index contributed by atoms with van der Waals surface area (Å²) in [6.45, 7) is -0.0276. The van der Waals surface area contributed by atoms with Crippen LogP contribution in [0.15, 0.2) is 0 Å². The van der Waals surface area contributed by atoms with Gasteiger partial charge in [-0.1, -0.05) is 0 Å². The van der Waals surface area contributed by atoms with Crippen LogP contribution in [0.5, 0.6) is 0 Å². The van der Waals surface area contributed by atoms with Crippen molar-refractivity contribution in [2.24, 2.45) is 11.5 Å². The van der Waals surface area contributed by atoms with Crippen LogP contribution in [0.2, 0.25) is 0 Å². The predicted octanol–water partition coefficient (Wildman–Crippen LogP) is -2.61. The Balaban J connectivity index is 2.71. The molecule has 1 saturated heterocycles. The van der Waals surface area contributed by atoms with E-state index in [9.17, 15) is 14.7 Å². The third-order valence-corrected chi connectivity index (χ3v) is 2.10. The van der Waals surface area contributed by atoms with Gasteiger partial charge in [0.25, 0.3) is 0 Å². The van der Waals surface area contributed by atoms with Crippen molar-refractivity contribution in [3.05, 3.63) is 0 Å². The van der Waals surface area contributed by atoms with Gasteiger partial charge in [-0.05, 0) is 0 Å². The molecule has 0 aliphatic carbocycles. The molecule has 1 rings (SSSR count). The second kappa shape index (κ2) is 3.71. The normalized spacial score (nSPS) is 27.7. The van der Waals surface area contributed by atoms with E-state index in [-0.39, 0.29) is 25.4 Å². The van der Waals surface area contributed by atoms with Crippen molar-refractivity contribution in [2.45, 2.75) is 18.6 Å². The summed E-state index contributed by atoms with van der Waals surface area (Å²) in [6.07, 6.45) is -0.464. The molecule has 74 valence electrons. The number of hydrogen-bond donors (Lipinski definition) is 3. The summed E-state index contributed by atoms with van der Waals surface area (Å²) in [5.74, 6) is -0.960. The molecule has 1 aliphatic heterocycles. The highest BCUT2D eigenvalue weighted by Crippen LogP contribution is 2.17. The molecule has 1 fully saturated rings. The SMILES string of the molecule is NCC(=O)N1CC(O)CC1C(N)=O. The van der Waals surface area contributed by atoms with Crippen molar-refractivity contribution < 1.29 is 14.7 Å². The zero-order valence-corrected chi connectivity index (χ0v) is 7.14. The van der Waals surface area contributed by atoms with E-state index in [2.05, 4.69) is 0 Å². The fourth-order valence-electron chi connectivity index (χ4n) is 1.48. The van der Waals surface area contributed by atoms with Crippen molar-refractivity contribution in [2.75, 3.05) is 13.1 Å². The number of carbonyl (C=O) groups excluding carboxylic acids is 2. The summed E-state index contributed by atoms with van der Waals surface area (Å²) < 4.78 is 0. The predicted molar refractivity (Wildman–Crippen MR) is 44.4 cm³/mol. The molecule has 13 heavy (non-hydrogen) atoms. The number of rotatable bonds is 2. The Morgan fingerprint density at radius 2 is 2.15 bits per heavy atom. The second-order valence-electron chi connectivity index (χ2n) is 3.06. The number of aliphatic hydroxyl groups is 1. The van der Waals surface area contributed by atoms with Gasteiger partial charge < -0.3 is 21.5 Å².